The lowest BCUT2D eigenvalue weighted by atomic mass is 9.69. The van der Waals surface area contributed by atoms with Crippen LogP contribution in [0.3, 0.4) is 0 Å². The minimum Gasteiger partial charge on any atom is -0.387 e. The van der Waals surface area contributed by atoms with Crippen LogP contribution in [0.1, 0.15) is 46.0 Å². The highest BCUT2D eigenvalue weighted by molar-refractivity contribution is 5.18. The minimum atomic E-state index is -0.792. The van der Waals surface area contributed by atoms with Crippen molar-refractivity contribution in [1.29, 1.82) is 5.26 Å². The summed E-state index contributed by atoms with van der Waals surface area (Å²) in [4.78, 5) is 2.18. The zero-order valence-electron chi connectivity index (χ0n) is 11.2. The van der Waals surface area contributed by atoms with Gasteiger partial charge in [0.15, 0.2) is 0 Å². The molecule has 0 radical (unpaired) electrons. The number of likely N-dealkylation sites (tertiary alicyclic amines) is 1. The van der Waals surface area contributed by atoms with Crippen molar-refractivity contribution in [3.05, 3.63) is 0 Å². The highest BCUT2D eigenvalue weighted by atomic mass is 16.3. The molecule has 0 bridgehead atoms. The smallest absolute Gasteiger partial charge is 0.0974 e. The second-order valence-electron chi connectivity index (χ2n) is 6.21. The third kappa shape index (κ3) is 1.88. The number of hydrogen-bond donors (Lipinski definition) is 1. The Hall–Kier alpha value is -0.590. The number of β-amino-alcohol motifs (C(OH)–C–C–N with tert-alkyl or cyclic N) is 1. The molecule has 1 heterocycles. The van der Waals surface area contributed by atoms with Gasteiger partial charge in [-0.05, 0) is 45.6 Å². The Morgan fingerprint density at radius 1 is 1.47 bits per heavy atom. The van der Waals surface area contributed by atoms with Gasteiger partial charge < -0.3 is 10.0 Å². The third-order valence-corrected chi connectivity index (χ3v) is 5.20. The molecule has 2 aliphatic rings. The Balaban J connectivity index is 2.23. The van der Waals surface area contributed by atoms with E-state index in [1.165, 1.54) is 0 Å². The van der Waals surface area contributed by atoms with E-state index in [9.17, 15) is 10.4 Å². The Bertz CT molecular complexity index is 326. The van der Waals surface area contributed by atoms with Gasteiger partial charge in [-0.3, -0.25) is 0 Å². The van der Waals surface area contributed by atoms with Crippen LogP contribution in [0, 0.1) is 22.7 Å². The van der Waals surface area contributed by atoms with Gasteiger partial charge >= 0.3 is 0 Å². The molecule has 3 heteroatoms. The summed E-state index contributed by atoms with van der Waals surface area (Å²) in [7, 11) is 2.04. The fourth-order valence-corrected chi connectivity index (χ4v) is 3.75. The van der Waals surface area contributed by atoms with E-state index in [2.05, 4.69) is 24.8 Å². The molecule has 0 aromatic heterocycles. The highest BCUT2D eigenvalue weighted by Crippen LogP contribution is 2.53. The molecule has 4 unspecified atom stereocenters. The molecule has 0 aromatic rings. The van der Waals surface area contributed by atoms with E-state index in [0.29, 0.717) is 18.5 Å². The average Bonchev–Trinajstić information content (AvgIpc) is 2.83. The van der Waals surface area contributed by atoms with Gasteiger partial charge in [0.2, 0.25) is 0 Å². The van der Waals surface area contributed by atoms with Gasteiger partial charge in [0, 0.05) is 12.6 Å². The molecule has 1 aliphatic heterocycles. The molecule has 0 amide bonds. The van der Waals surface area contributed by atoms with Crippen LogP contribution in [-0.4, -0.2) is 35.2 Å². The van der Waals surface area contributed by atoms with Crippen molar-refractivity contribution in [2.75, 3.05) is 13.6 Å². The van der Waals surface area contributed by atoms with Crippen molar-refractivity contribution in [3.8, 4) is 6.07 Å². The van der Waals surface area contributed by atoms with Crippen LogP contribution < -0.4 is 0 Å². The number of hydrogen-bond acceptors (Lipinski definition) is 3. The SMILES string of the molecule is CCC1CCC(C#N)(C2(O)CC(C)N(C)C2)C1. The maximum Gasteiger partial charge on any atom is 0.0974 e. The summed E-state index contributed by atoms with van der Waals surface area (Å²) in [6, 6.07) is 2.87. The van der Waals surface area contributed by atoms with Gasteiger partial charge in [0.25, 0.3) is 0 Å². The van der Waals surface area contributed by atoms with Crippen molar-refractivity contribution in [1.82, 2.24) is 4.90 Å². The predicted molar refractivity (Wildman–Crippen MR) is 67.3 cm³/mol. The van der Waals surface area contributed by atoms with Gasteiger partial charge in [-0.25, -0.2) is 0 Å². The molecule has 4 atom stereocenters. The van der Waals surface area contributed by atoms with Crippen molar-refractivity contribution >= 4 is 0 Å². The van der Waals surface area contributed by atoms with Crippen LogP contribution in [-0.2, 0) is 0 Å². The normalized spacial score (nSPS) is 47.2. The first-order valence-electron chi connectivity index (χ1n) is 6.80. The predicted octanol–water partition coefficient (Wildman–Crippen LogP) is 2.16. The Labute approximate surface area is 104 Å². The fourth-order valence-electron chi connectivity index (χ4n) is 3.75. The van der Waals surface area contributed by atoms with Crippen molar-refractivity contribution < 1.29 is 5.11 Å². The number of nitrogens with zero attached hydrogens (tertiary/aromatic N) is 2. The van der Waals surface area contributed by atoms with Crippen LogP contribution in [0.4, 0.5) is 0 Å². The van der Waals surface area contributed by atoms with E-state index in [4.69, 9.17) is 0 Å². The molecular formula is C14H24N2O. The number of rotatable bonds is 2. The van der Waals surface area contributed by atoms with E-state index in [1.54, 1.807) is 0 Å². The van der Waals surface area contributed by atoms with Gasteiger partial charge in [0.05, 0.1) is 17.1 Å². The number of aliphatic hydroxyl groups is 1. The van der Waals surface area contributed by atoms with Crippen LogP contribution in [0.15, 0.2) is 0 Å². The molecule has 1 saturated heterocycles. The van der Waals surface area contributed by atoms with Crippen LogP contribution in [0.25, 0.3) is 0 Å². The lowest BCUT2D eigenvalue weighted by molar-refractivity contribution is -0.0439. The molecule has 2 fully saturated rings. The van der Waals surface area contributed by atoms with Crippen molar-refractivity contribution in [2.45, 2.75) is 57.6 Å². The summed E-state index contributed by atoms with van der Waals surface area (Å²) in [5.74, 6) is 0.625. The zero-order chi connectivity index (χ0) is 12.7. The summed E-state index contributed by atoms with van der Waals surface area (Å²) in [6.45, 7) is 4.97. The molecule has 0 spiro atoms. The minimum absolute atomic E-state index is 0.380. The molecule has 1 saturated carbocycles. The molecular weight excluding hydrogens is 212 g/mol. The summed E-state index contributed by atoms with van der Waals surface area (Å²) < 4.78 is 0. The largest absolute Gasteiger partial charge is 0.387 e. The molecule has 1 N–H and O–H groups in total. The maximum atomic E-state index is 10.9. The van der Waals surface area contributed by atoms with E-state index < -0.39 is 11.0 Å². The molecule has 2 rings (SSSR count). The molecule has 96 valence electrons. The van der Waals surface area contributed by atoms with E-state index in [0.717, 1.165) is 32.1 Å². The van der Waals surface area contributed by atoms with E-state index in [-0.39, 0.29) is 0 Å². The molecule has 0 aromatic carbocycles. The monoisotopic (exact) mass is 236 g/mol. The third-order valence-electron chi connectivity index (χ3n) is 5.20. The van der Waals surface area contributed by atoms with Gasteiger partial charge in [-0.15, -0.1) is 0 Å². The lowest BCUT2D eigenvalue weighted by Crippen LogP contribution is -2.48. The molecule has 17 heavy (non-hydrogen) atoms. The quantitative estimate of drug-likeness (QED) is 0.799. The first kappa shape index (κ1) is 12.9. The van der Waals surface area contributed by atoms with Gasteiger partial charge in [-0.2, -0.15) is 5.26 Å². The number of nitriles is 1. The van der Waals surface area contributed by atoms with E-state index >= 15 is 0 Å². The molecule has 1 aliphatic carbocycles. The summed E-state index contributed by atoms with van der Waals surface area (Å²) in [5.41, 5.74) is -1.29. The summed E-state index contributed by atoms with van der Waals surface area (Å²) in [6.07, 6.45) is 4.74. The second kappa shape index (κ2) is 4.26. The first-order chi connectivity index (χ1) is 7.96. The maximum absolute atomic E-state index is 10.9. The summed E-state index contributed by atoms with van der Waals surface area (Å²) in [5, 5.41) is 20.5. The second-order valence-corrected chi connectivity index (χ2v) is 6.21. The van der Waals surface area contributed by atoms with Crippen LogP contribution in [0.5, 0.6) is 0 Å². The first-order valence-corrected chi connectivity index (χ1v) is 6.80. The standard InChI is InChI=1S/C14H24N2O/c1-4-12-5-6-13(8-12,9-15)14(17)7-11(2)16(3)10-14/h11-12,17H,4-8,10H2,1-3H3. The topological polar surface area (TPSA) is 47.3 Å². The van der Waals surface area contributed by atoms with Gasteiger partial charge in [0.1, 0.15) is 0 Å². The number of likely N-dealkylation sites (N-methyl/N-ethyl adjacent to an activating group) is 1. The molecule has 3 nitrogen and oxygen atoms in total. The Morgan fingerprint density at radius 2 is 2.18 bits per heavy atom. The van der Waals surface area contributed by atoms with Crippen molar-refractivity contribution in [3.63, 3.8) is 0 Å². The van der Waals surface area contributed by atoms with E-state index in [1.807, 2.05) is 7.05 Å². The fraction of sp³-hybridized carbons (Fsp3) is 0.929. The van der Waals surface area contributed by atoms with Crippen molar-refractivity contribution in [2.24, 2.45) is 11.3 Å². The summed E-state index contributed by atoms with van der Waals surface area (Å²) >= 11 is 0. The lowest BCUT2D eigenvalue weighted by Gasteiger charge is -2.37. The Kier molecular flexibility index (Phi) is 3.22. The highest BCUT2D eigenvalue weighted by Gasteiger charge is 2.57. The van der Waals surface area contributed by atoms with Crippen LogP contribution >= 0.6 is 0 Å². The zero-order valence-corrected chi connectivity index (χ0v) is 11.2. The van der Waals surface area contributed by atoms with Crippen LogP contribution in [0.2, 0.25) is 0 Å². The Morgan fingerprint density at radius 3 is 2.59 bits per heavy atom. The van der Waals surface area contributed by atoms with Gasteiger partial charge in [-0.1, -0.05) is 13.3 Å². The average molecular weight is 236 g/mol.